The summed E-state index contributed by atoms with van der Waals surface area (Å²) in [5, 5.41) is 4.09. The zero-order chi connectivity index (χ0) is 23.5. The molecule has 8 heteroatoms. The largest absolute Gasteiger partial charge is 0.490 e. The Labute approximate surface area is 193 Å². The number of carbonyl (C=O) groups excluding carboxylic acids is 1. The number of hydrazone groups is 1. The second-order valence-corrected chi connectivity index (χ2v) is 7.49. The first-order valence-electron chi connectivity index (χ1n) is 11.0. The third-order valence-electron chi connectivity index (χ3n) is 5.02. The molecule has 1 aliphatic heterocycles. The van der Waals surface area contributed by atoms with Gasteiger partial charge in [-0.25, -0.2) is 9.82 Å². The fraction of sp³-hybridized carbons (Fsp3) is 0.360. The van der Waals surface area contributed by atoms with Gasteiger partial charge in [0.25, 0.3) is 5.91 Å². The Morgan fingerprint density at radius 1 is 1.24 bits per heavy atom. The van der Waals surface area contributed by atoms with Crippen molar-refractivity contribution >= 4 is 12.1 Å². The number of hydrogen-bond acceptors (Lipinski definition) is 6. The molecule has 1 aliphatic rings. The molecule has 0 atom stereocenters. The number of nitrogens with one attached hydrogen (secondary N) is 1. The lowest BCUT2D eigenvalue weighted by molar-refractivity contribution is -0.123. The van der Waals surface area contributed by atoms with Crippen LogP contribution in [0.4, 0.5) is 4.39 Å². The topological polar surface area (TPSA) is 72.4 Å². The van der Waals surface area contributed by atoms with Crippen LogP contribution in [0, 0.1) is 5.82 Å². The Bertz CT molecular complexity index is 974. The molecule has 0 unspecified atom stereocenters. The maximum atomic E-state index is 14.0. The van der Waals surface area contributed by atoms with Gasteiger partial charge in [-0.2, -0.15) is 5.10 Å². The molecule has 7 nitrogen and oxygen atoms in total. The smallest absolute Gasteiger partial charge is 0.254 e. The highest BCUT2D eigenvalue weighted by Crippen LogP contribution is 2.34. The van der Waals surface area contributed by atoms with Gasteiger partial charge in [0.05, 0.1) is 32.6 Å². The third-order valence-corrected chi connectivity index (χ3v) is 5.02. The number of halogens is 1. The minimum absolute atomic E-state index is 0.0714. The van der Waals surface area contributed by atoms with Crippen LogP contribution in [0.15, 0.2) is 54.2 Å². The molecule has 0 radical (unpaired) electrons. The van der Waals surface area contributed by atoms with E-state index in [1.807, 2.05) is 17.9 Å². The summed E-state index contributed by atoms with van der Waals surface area (Å²) >= 11 is 0. The quantitative estimate of drug-likeness (QED) is 0.320. The minimum atomic E-state index is -0.322. The van der Waals surface area contributed by atoms with Crippen LogP contribution in [0.3, 0.4) is 0 Å². The number of rotatable bonds is 11. The standard InChI is InChI=1S/C25H30FN3O4/c1-3-7-20-14-19(16-27-28-24(30)17-29-10-12-31-13-11-29)15-23(32-4-2)25(20)33-18-21-8-5-6-9-22(21)26/h3,5-6,8-9,14-16H,1,4,7,10-13,17-18H2,2H3,(H,28,30)/b27-16+. The molecular formula is C25H30FN3O4. The van der Waals surface area contributed by atoms with E-state index in [1.54, 1.807) is 36.6 Å². The first-order chi connectivity index (χ1) is 16.1. The van der Waals surface area contributed by atoms with Gasteiger partial charge in [0.1, 0.15) is 12.4 Å². The van der Waals surface area contributed by atoms with E-state index in [0.717, 1.165) is 24.2 Å². The number of morpholine rings is 1. The average molecular weight is 456 g/mol. The molecule has 0 aliphatic carbocycles. The van der Waals surface area contributed by atoms with Crippen LogP contribution in [0.2, 0.25) is 0 Å². The van der Waals surface area contributed by atoms with Crippen LogP contribution in [0.1, 0.15) is 23.6 Å². The number of allylic oxidation sites excluding steroid dienone is 1. The van der Waals surface area contributed by atoms with Crippen LogP contribution in [0.25, 0.3) is 0 Å². The maximum absolute atomic E-state index is 14.0. The van der Waals surface area contributed by atoms with Crippen molar-refractivity contribution in [3.63, 3.8) is 0 Å². The fourth-order valence-corrected chi connectivity index (χ4v) is 3.43. The van der Waals surface area contributed by atoms with Crippen LogP contribution in [-0.4, -0.2) is 56.5 Å². The van der Waals surface area contributed by atoms with E-state index in [4.69, 9.17) is 14.2 Å². The van der Waals surface area contributed by atoms with E-state index in [2.05, 4.69) is 17.1 Å². The Balaban J connectivity index is 1.72. The lowest BCUT2D eigenvalue weighted by Crippen LogP contribution is -2.42. The van der Waals surface area contributed by atoms with Crippen molar-refractivity contribution < 1.29 is 23.4 Å². The monoisotopic (exact) mass is 455 g/mol. The highest BCUT2D eigenvalue weighted by molar-refractivity contribution is 5.84. The first-order valence-corrected chi connectivity index (χ1v) is 11.0. The lowest BCUT2D eigenvalue weighted by atomic mass is 10.1. The zero-order valence-electron chi connectivity index (χ0n) is 18.9. The van der Waals surface area contributed by atoms with Crippen LogP contribution < -0.4 is 14.9 Å². The second-order valence-electron chi connectivity index (χ2n) is 7.49. The summed E-state index contributed by atoms with van der Waals surface area (Å²) in [7, 11) is 0. The summed E-state index contributed by atoms with van der Waals surface area (Å²) in [4.78, 5) is 14.2. The number of amides is 1. The molecule has 2 aromatic carbocycles. The molecule has 0 aromatic heterocycles. The van der Waals surface area contributed by atoms with Crippen LogP contribution in [0.5, 0.6) is 11.5 Å². The zero-order valence-corrected chi connectivity index (χ0v) is 18.9. The molecule has 3 rings (SSSR count). The van der Waals surface area contributed by atoms with Crippen molar-refractivity contribution in [2.75, 3.05) is 39.5 Å². The van der Waals surface area contributed by atoms with Crippen molar-refractivity contribution in [1.29, 1.82) is 0 Å². The Hall–Kier alpha value is -3.23. The predicted octanol–water partition coefficient (Wildman–Crippen LogP) is 3.31. The number of benzene rings is 2. The van der Waals surface area contributed by atoms with Crippen molar-refractivity contribution in [3.8, 4) is 11.5 Å². The second kappa shape index (κ2) is 12.7. The maximum Gasteiger partial charge on any atom is 0.254 e. The van der Waals surface area contributed by atoms with Gasteiger partial charge in [-0.3, -0.25) is 9.69 Å². The predicted molar refractivity (Wildman–Crippen MR) is 125 cm³/mol. The molecule has 1 fully saturated rings. The van der Waals surface area contributed by atoms with E-state index in [1.165, 1.54) is 6.07 Å². The molecule has 1 N–H and O–H groups in total. The van der Waals surface area contributed by atoms with Gasteiger partial charge >= 0.3 is 0 Å². The van der Waals surface area contributed by atoms with Gasteiger partial charge in [0.15, 0.2) is 11.5 Å². The molecule has 0 spiro atoms. The molecule has 1 saturated heterocycles. The van der Waals surface area contributed by atoms with Crippen molar-refractivity contribution in [2.45, 2.75) is 20.0 Å². The van der Waals surface area contributed by atoms with Crippen LogP contribution in [-0.2, 0) is 22.6 Å². The summed E-state index contributed by atoms with van der Waals surface area (Å²) in [6.45, 7) is 9.19. The summed E-state index contributed by atoms with van der Waals surface area (Å²) in [5.41, 5.74) is 4.58. The average Bonchev–Trinajstić information content (AvgIpc) is 2.81. The number of nitrogens with zero attached hydrogens (tertiary/aromatic N) is 2. The first kappa shape index (κ1) is 24.4. The van der Waals surface area contributed by atoms with Gasteiger partial charge in [-0.1, -0.05) is 24.3 Å². The summed E-state index contributed by atoms with van der Waals surface area (Å²) in [5.74, 6) is 0.550. The molecule has 1 heterocycles. The summed E-state index contributed by atoms with van der Waals surface area (Å²) < 4.78 is 31.1. The molecule has 176 valence electrons. The molecule has 2 aromatic rings. The molecule has 1 amide bonds. The Morgan fingerprint density at radius 3 is 2.76 bits per heavy atom. The van der Waals surface area contributed by atoms with E-state index in [9.17, 15) is 9.18 Å². The van der Waals surface area contributed by atoms with E-state index < -0.39 is 0 Å². The van der Waals surface area contributed by atoms with Crippen molar-refractivity contribution in [2.24, 2.45) is 5.10 Å². The van der Waals surface area contributed by atoms with E-state index in [0.29, 0.717) is 43.3 Å². The van der Waals surface area contributed by atoms with Gasteiger partial charge in [0.2, 0.25) is 0 Å². The molecule has 33 heavy (non-hydrogen) atoms. The molecule has 0 saturated carbocycles. The van der Waals surface area contributed by atoms with Crippen LogP contribution >= 0.6 is 0 Å². The molecule has 0 bridgehead atoms. The normalized spacial score (nSPS) is 14.2. The highest BCUT2D eigenvalue weighted by atomic mass is 19.1. The van der Waals surface area contributed by atoms with E-state index >= 15 is 0 Å². The Kier molecular flexibility index (Phi) is 9.41. The van der Waals surface area contributed by atoms with Gasteiger partial charge < -0.3 is 14.2 Å². The SMILES string of the molecule is C=CCc1cc(/C=N/NC(=O)CN2CCOCC2)cc(OCC)c1OCc1ccccc1F. The van der Waals surface area contributed by atoms with Crippen molar-refractivity contribution in [3.05, 3.63) is 71.6 Å². The van der Waals surface area contributed by atoms with Gasteiger partial charge in [0, 0.05) is 24.2 Å². The Morgan fingerprint density at radius 2 is 2.03 bits per heavy atom. The molecular weight excluding hydrogens is 425 g/mol. The number of carbonyl (C=O) groups is 1. The third kappa shape index (κ3) is 7.40. The number of hydrogen-bond donors (Lipinski definition) is 1. The van der Waals surface area contributed by atoms with E-state index in [-0.39, 0.29) is 24.9 Å². The van der Waals surface area contributed by atoms with Gasteiger partial charge in [-0.05, 0) is 37.1 Å². The van der Waals surface area contributed by atoms with Gasteiger partial charge in [-0.15, -0.1) is 6.58 Å². The summed E-state index contributed by atoms with van der Waals surface area (Å²) in [6, 6.07) is 10.2. The lowest BCUT2D eigenvalue weighted by Gasteiger charge is -2.25. The summed E-state index contributed by atoms with van der Waals surface area (Å²) in [6.07, 6.45) is 3.84. The fourth-order valence-electron chi connectivity index (χ4n) is 3.43. The minimum Gasteiger partial charge on any atom is -0.490 e. The van der Waals surface area contributed by atoms with Crippen molar-refractivity contribution in [1.82, 2.24) is 10.3 Å². The highest BCUT2D eigenvalue weighted by Gasteiger charge is 2.15. The number of ether oxygens (including phenoxy) is 3.